The zero-order valence-corrected chi connectivity index (χ0v) is 18.6. The number of urea groups is 1. The van der Waals surface area contributed by atoms with Gasteiger partial charge >= 0.3 is 17.4 Å². The minimum Gasteiger partial charge on any atom is -0.311 e. The predicted octanol–water partition coefficient (Wildman–Crippen LogP) is 0.225. The molecule has 0 aromatic heterocycles. The van der Waals surface area contributed by atoms with E-state index in [2.05, 4.69) is 20.0 Å². The lowest BCUT2D eigenvalue weighted by Crippen LogP contribution is -2.50. The first-order valence-electron chi connectivity index (χ1n) is 11.3. The molecule has 0 aliphatic carbocycles. The van der Waals surface area contributed by atoms with Crippen molar-refractivity contribution >= 4 is 23.3 Å². The van der Waals surface area contributed by atoms with E-state index in [0.29, 0.717) is 25.4 Å². The zero-order valence-electron chi connectivity index (χ0n) is 17.7. The van der Waals surface area contributed by atoms with Crippen LogP contribution in [0.1, 0.15) is 44.9 Å². The predicted molar refractivity (Wildman–Crippen MR) is 112 cm³/mol. The minimum atomic E-state index is -2.58. The summed E-state index contributed by atoms with van der Waals surface area (Å²) in [5.74, 6) is 0.223. The van der Waals surface area contributed by atoms with Gasteiger partial charge in [-0.3, -0.25) is 14.2 Å². The van der Waals surface area contributed by atoms with Crippen LogP contribution in [0.3, 0.4) is 0 Å². The Kier molecular flexibility index (Phi) is 7.77. The maximum atomic E-state index is 12.6. The molecule has 5 atom stereocenters. The standard InChI is InChI=1S/C19H33N5O6S/c25-18(17-6-5-16-12-23(17)19(26)24(16)30-31(27)28)21-29-13-15-9-14(10-20-15)11-22-7-3-1-2-4-8-22/h14-17,20H,1-13H2,(H,21,25)(H,27,28)/t14-,15-,16?,17?/m1/s1. The number of hydrogen-bond donors (Lipinski definition) is 3. The van der Waals surface area contributed by atoms with Gasteiger partial charge < -0.3 is 15.1 Å². The molecule has 0 saturated carbocycles. The Hall–Kier alpha value is -1.31. The molecule has 3 N–H and O–H groups in total. The van der Waals surface area contributed by atoms with Crippen molar-refractivity contribution in [2.24, 2.45) is 5.92 Å². The largest absolute Gasteiger partial charge is 0.346 e. The molecule has 3 amide bonds. The molecule has 11 nitrogen and oxygen atoms in total. The highest BCUT2D eigenvalue weighted by Gasteiger charge is 2.48. The third kappa shape index (κ3) is 5.74. The molecule has 0 spiro atoms. The molecule has 4 fully saturated rings. The summed E-state index contributed by atoms with van der Waals surface area (Å²) < 4.78 is 24.5. The van der Waals surface area contributed by atoms with E-state index < -0.39 is 23.4 Å². The van der Waals surface area contributed by atoms with Gasteiger partial charge in [-0.2, -0.15) is 9.27 Å². The number of carbonyl (C=O) groups excluding carboxylic acids is 2. The highest BCUT2D eigenvalue weighted by Crippen LogP contribution is 2.30. The molecule has 4 rings (SSSR count). The number of hydrogen-bond acceptors (Lipinski definition) is 7. The van der Waals surface area contributed by atoms with Gasteiger partial charge in [0.25, 0.3) is 5.91 Å². The third-order valence-electron chi connectivity index (χ3n) is 6.75. The lowest BCUT2D eigenvalue weighted by Gasteiger charge is -2.29. The van der Waals surface area contributed by atoms with Gasteiger partial charge in [-0.15, -0.1) is 4.28 Å². The van der Waals surface area contributed by atoms with Gasteiger partial charge in [0.2, 0.25) is 0 Å². The van der Waals surface area contributed by atoms with Crippen LogP contribution in [0.5, 0.6) is 0 Å². The number of likely N-dealkylation sites (tertiary alicyclic amines) is 1. The summed E-state index contributed by atoms with van der Waals surface area (Å²) >= 11 is -2.58. The van der Waals surface area contributed by atoms with Crippen molar-refractivity contribution in [2.45, 2.75) is 63.1 Å². The minimum absolute atomic E-state index is 0.199. The van der Waals surface area contributed by atoms with Crippen molar-refractivity contribution in [3.8, 4) is 0 Å². The van der Waals surface area contributed by atoms with E-state index in [1.54, 1.807) is 0 Å². The van der Waals surface area contributed by atoms with E-state index in [-0.39, 0.29) is 24.5 Å². The summed E-state index contributed by atoms with van der Waals surface area (Å²) in [5, 5.41) is 4.38. The van der Waals surface area contributed by atoms with Crippen molar-refractivity contribution in [1.29, 1.82) is 0 Å². The second-order valence-corrected chi connectivity index (χ2v) is 9.58. The smallest absolute Gasteiger partial charge is 0.311 e. The molecule has 0 radical (unpaired) electrons. The van der Waals surface area contributed by atoms with Crippen molar-refractivity contribution in [2.75, 3.05) is 39.3 Å². The normalized spacial score (nSPS) is 32.9. The van der Waals surface area contributed by atoms with Crippen molar-refractivity contribution < 1.29 is 27.5 Å². The van der Waals surface area contributed by atoms with Crippen LogP contribution >= 0.6 is 0 Å². The van der Waals surface area contributed by atoms with Gasteiger partial charge in [0.15, 0.2) is 0 Å². The van der Waals surface area contributed by atoms with Crippen LogP contribution < -0.4 is 10.8 Å². The number of rotatable bonds is 8. The van der Waals surface area contributed by atoms with Gasteiger partial charge in [-0.05, 0) is 57.7 Å². The molecular weight excluding hydrogens is 426 g/mol. The number of nitrogens with zero attached hydrogens (tertiary/aromatic N) is 3. The molecule has 0 aromatic carbocycles. The van der Waals surface area contributed by atoms with Gasteiger partial charge in [-0.25, -0.2) is 10.3 Å². The van der Waals surface area contributed by atoms with E-state index in [9.17, 15) is 13.8 Å². The number of hydroxylamine groups is 3. The van der Waals surface area contributed by atoms with Crippen LogP contribution in [0.2, 0.25) is 0 Å². The fraction of sp³-hybridized carbons (Fsp3) is 0.895. The SMILES string of the molecule is O=C(NOC[C@H]1C[C@@H](CN2CCCCCC2)CN1)C1CCC2CN1C(=O)N2OS(=O)O. The average molecular weight is 460 g/mol. The summed E-state index contributed by atoms with van der Waals surface area (Å²) in [6.07, 6.45) is 7.25. The Morgan fingerprint density at radius 2 is 2.00 bits per heavy atom. The molecule has 176 valence electrons. The fourth-order valence-corrected chi connectivity index (χ4v) is 5.53. The molecule has 12 heteroatoms. The van der Waals surface area contributed by atoms with E-state index in [4.69, 9.17) is 9.39 Å². The van der Waals surface area contributed by atoms with Crippen LogP contribution in [-0.4, -0.2) is 93.0 Å². The molecular formula is C19H33N5O6S. The van der Waals surface area contributed by atoms with Crippen molar-refractivity contribution in [3.05, 3.63) is 0 Å². The summed E-state index contributed by atoms with van der Waals surface area (Å²) in [4.78, 5) is 34.4. The molecule has 3 unspecified atom stereocenters. The van der Waals surface area contributed by atoms with E-state index in [0.717, 1.165) is 24.6 Å². The average Bonchev–Trinajstić information content (AvgIpc) is 3.15. The molecule has 4 heterocycles. The Labute approximate surface area is 185 Å². The maximum absolute atomic E-state index is 12.6. The zero-order chi connectivity index (χ0) is 21.8. The molecule has 4 aliphatic rings. The number of carbonyl (C=O) groups is 2. The topological polar surface area (TPSA) is 124 Å². The summed E-state index contributed by atoms with van der Waals surface area (Å²) in [5.41, 5.74) is 2.49. The Balaban J connectivity index is 1.17. The first-order chi connectivity index (χ1) is 15.0. The van der Waals surface area contributed by atoms with Crippen LogP contribution in [0.25, 0.3) is 0 Å². The first kappa shape index (κ1) is 22.9. The number of amides is 3. The van der Waals surface area contributed by atoms with Crippen LogP contribution in [0, 0.1) is 5.92 Å². The van der Waals surface area contributed by atoms with Gasteiger partial charge in [0.05, 0.1) is 12.6 Å². The molecule has 31 heavy (non-hydrogen) atoms. The monoisotopic (exact) mass is 459 g/mol. The maximum Gasteiger partial charge on any atom is 0.346 e. The first-order valence-corrected chi connectivity index (χ1v) is 12.3. The van der Waals surface area contributed by atoms with Crippen molar-refractivity contribution in [3.63, 3.8) is 0 Å². The Bertz CT molecular complexity index is 676. The summed E-state index contributed by atoms with van der Waals surface area (Å²) in [6, 6.07) is -1.36. The van der Waals surface area contributed by atoms with Gasteiger partial charge in [0, 0.05) is 19.1 Å². The Morgan fingerprint density at radius 3 is 2.74 bits per heavy atom. The molecule has 4 saturated heterocycles. The number of nitrogens with one attached hydrogen (secondary N) is 2. The van der Waals surface area contributed by atoms with Crippen LogP contribution in [-0.2, 0) is 25.3 Å². The molecule has 2 bridgehead atoms. The van der Waals surface area contributed by atoms with Crippen LogP contribution in [0.4, 0.5) is 4.79 Å². The summed E-state index contributed by atoms with van der Waals surface area (Å²) in [6.45, 7) is 5.14. The third-order valence-corrected chi connectivity index (χ3v) is 7.04. The van der Waals surface area contributed by atoms with Gasteiger partial charge in [0.1, 0.15) is 6.04 Å². The van der Waals surface area contributed by atoms with E-state index in [1.165, 1.54) is 43.7 Å². The lowest BCUT2D eigenvalue weighted by atomic mass is 10.0. The Morgan fingerprint density at radius 1 is 1.23 bits per heavy atom. The van der Waals surface area contributed by atoms with Crippen LogP contribution in [0.15, 0.2) is 0 Å². The highest BCUT2D eigenvalue weighted by atomic mass is 32.2. The number of fused-ring (bicyclic) bond motifs is 2. The molecule has 0 aromatic rings. The summed E-state index contributed by atoms with van der Waals surface area (Å²) in [7, 11) is 0. The van der Waals surface area contributed by atoms with Gasteiger partial charge in [-0.1, -0.05) is 12.8 Å². The second kappa shape index (κ2) is 10.5. The molecule has 4 aliphatic heterocycles. The number of piperidine rings is 1. The van der Waals surface area contributed by atoms with E-state index in [1.807, 2.05) is 0 Å². The highest BCUT2D eigenvalue weighted by molar-refractivity contribution is 7.74. The second-order valence-electron chi connectivity index (χ2n) is 9.00. The van der Waals surface area contributed by atoms with Crippen molar-refractivity contribution in [1.82, 2.24) is 25.7 Å². The quantitative estimate of drug-likeness (QED) is 0.348. The lowest BCUT2D eigenvalue weighted by molar-refractivity contribution is -0.139. The van der Waals surface area contributed by atoms with E-state index >= 15 is 0 Å². The fourth-order valence-electron chi connectivity index (χ4n) is 5.21.